The Morgan fingerprint density at radius 1 is 1.26 bits per heavy atom. The third kappa shape index (κ3) is 3.57. The van der Waals surface area contributed by atoms with Crippen molar-refractivity contribution in [2.75, 3.05) is 16.8 Å². The first-order chi connectivity index (χ1) is 11.2. The van der Waals surface area contributed by atoms with E-state index >= 15 is 0 Å². The normalized spacial score (nSPS) is 18.1. The van der Waals surface area contributed by atoms with Crippen LogP contribution in [0.15, 0.2) is 18.2 Å². The van der Waals surface area contributed by atoms with E-state index in [0.29, 0.717) is 6.42 Å². The molecule has 1 aliphatic carbocycles. The molecule has 1 heterocycles. The van der Waals surface area contributed by atoms with Crippen LogP contribution < -0.4 is 10.2 Å². The second-order valence-corrected chi connectivity index (χ2v) is 6.71. The number of fused-ring (bicyclic) bond motifs is 1. The molecule has 2 amide bonds. The Morgan fingerprint density at radius 2 is 2.04 bits per heavy atom. The standard InChI is InChI=1S/C19H26N2O2/c1-2-3-12-21-17-10-9-16(13-15(17)8-11-18(21)22)20-19(23)14-6-4-5-7-14/h9-10,13-14H,2-8,11-12H2,1H3,(H,20,23). The van der Waals surface area contributed by atoms with Gasteiger partial charge in [-0.3, -0.25) is 9.59 Å². The predicted molar refractivity (Wildman–Crippen MR) is 92.6 cm³/mol. The van der Waals surface area contributed by atoms with E-state index in [2.05, 4.69) is 12.2 Å². The van der Waals surface area contributed by atoms with Gasteiger partial charge in [-0.15, -0.1) is 0 Å². The van der Waals surface area contributed by atoms with Crippen LogP contribution in [0, 0.1) is 5.92 Å². The zero-order chi connectivity index (χ0) is 16.2. The minimum atomic E-state index is 0.150. The van der Waals surface area contributed by atoms with Gasteiger partial charge in [0.15, 0.2) is 0 Å². The lowest BCUT2D eigenvalue weighted by Gasteiger charge is -2.30. The van der Waals surface area contributed by atoms with Gasteiger partial charge in [-0.25, -0.2) is 0 Å². The summed E-state index contributed by atoms with van der Waals surface area (Å²) in [6.07, 6.45) is 7.78. The Balaban J connectivity index is 1.73. The second kappa shape index (κ2) is 7.16. The molecule has 0 unspecified atom stereocenters. The minimum Gasteiger partial charge on any atom is -0.326 e. The maximum atomic E-state index is 12.3. The van der Waals surface area contributed by atoms with Gasteiger partial charge >= 0.3 is 0 Å². The molecule has 2 aliphatic rings. The molecule has 4 heteroatoms. The van der Waals surface area contributed by atoms with E-state index in [1.54, 1.807) is 0 Å². The Morgan fingerprint density at radius 3 is 2.78 bits per heavy atom. The number of amides is 2. The number of nitrogens with zero attached hydrogens (tertiary/aromatic N) is 1. The lowest BCUT2D eigenvalue weighted by molar-refractivity contribution is -0.120. The summed E-state index contributed by atoms with van der Waals surface area (Å²) < 4.78 is 0. The molecule has 0 radical (unpaired) electrons. The summed E-state index contributed by atoms with van der Waals surface area (Å²) in [6.45, 7) is 2.92. The average molecular weight is 314 g/mol. The van der Waals surface area contributed by atoms with Gasteiger partial charge in [-0.1, -0.05) is 26.2 Å². The molecule has 1 aromatic carbocycles. The summed E-state index contributed by atoms with van der Waals surface area (Å²) in [7, 11) is 0. The molecular weight excluding hydrogens is 288 g/mol. The second-order valence-electron chi connectivity index (χ2n) is 6.71. The molecule has 0 spiro atoms. The van der Waals surface area contributed by atoms with Crippen LogP contribution in [0.3, 0.4) is 0 Å². The van der Waals surface area contributed by atoms with Gasteiger partial charge in [-0.2, -0.15) is 0 Å². The maximum Gasteiger partial charge on any atom is 0.227 e. The Bertz CT molecular complexity index is 591. The fraction of sp³-hybridized carbons (Fsp3) is 0.579. The van der Waals surface area contributed by atoms with E-state index < -0.39 is 0 Å². The number of benzene rings is 1. The number of unbranched alkanes of at least 4 members (excludes halogenated alkanes) is 1. The molecule has 0 saturated heterocycles. The molecule has 0 bridgehead atoms. The Labute approximate surface area is 138 Å². The van der Waals surface area contributed by atoms with Crippen molar-refractivity contribution in [2.45, 2.75) is 58.3 Å². The summed E-state index contributed by atoms with van der Waals surface area (Å²) >= 11 is 0. The fourth-order valence-corrected chi connectivity index (χ4v) is 3.63. The smallest absolute Gasteiger partial charge is 0.227 e. The SMILES string of the molecule is CCCCN1C(=O)CCc2cc(NC(=O)C3CCCC3)ccc21. The highest BCUT2D eigenvalue weighted by Gasteiger charge is 2.25. The Hall–Kier alpha value is -1.84. The van der Waals surface area contributed by atoms with Crippen LogP contribution in [-0.4, -0.2) is 18.4 Å². The minimum absolute atomic E-state index is 0.150. The molecular formula is C19H26N2O2. The van der Waals surface area contributed by atoms with Crippen LogP contribution >= 0.6 is 0 Å². The molecule has 1 saturated carbocycles. The van der Waals surface area contributed by atoms with Gasteiger partial charge in [0.05, 0.1) is 0 Å². The summed E-state index contributed by atoms with van der Waals surface area (Å²) in [4.78, 5) is 26.3. The number of rotatable bonds is 5. The van der Waals surface area contributed by atoms with E-state index in [-0.39, 0.29) is 17.7 Å². The van der Waals surface area contributed by atoms with Crippen LogP contribution in [0.2, 0.25) is 0 Å². The van der Waals surface area contributed by atoms with E-state index in [1.165, 1.54) is 5.56 Å². The molecule has 23 heavy (non-hydrogen) atoms. The van der Waals surface area contributed by atoms with Crippen LogP contribution in [0.25, 0.3) is 0 Å². The number of anilines is 2. The monoisotopic (exact) mass is 314 g/mol. The van der Waals surface area contributed by atoms with Crippen LogP contribution in [0.1, 0.15) is 57.4 Å². The highest BCUT2D eigenvalue weighted by atomic mass is 16.2. The molecule has 0 atom stereocenters. The van der Waals surface area contributed by atoms with Crippen molar-refractivity contribution < 1.29 is 9.59 Å². The molecule has 1 N–H and O–H groups in total. The first-order valence-electron chi connectivity index (χ1n) is 8.93. The van der Waals surface area contributed by atoms with Crippen molar-refractivity contribution in [3.05, 3.63) is 23.8 Å². The molecule has 1 aromatic rings. The molecule has 4 nitrogen and oxygen atoms in total. The largest absolute Gasteiger partial charge is 0.326 e. The molecule has 124 valence electrons. The summed E-state index contributed by atoms with van der Waals surface area (Å²) in [6, 6.07) is 5.98. The van der Waals surface area contributed by atoms with Crippen LogP contribution in [0.5, 0.6) is 0 Å². The molecule has 0 aromatic heterocycles. The third-order valence-corrected chi connectivity index (χ3v) is 5.01. The predicted octanol–water partition coefficient (Wildman–Crippen LogP) is 3.89. The molecule has 1 fully saturated rings. The number of nitrogens with one attached hydrogen (secondary N) is 1. The van der Waals surface area contributed by atoms with Gasteiger partial charge in [-0.05, 0) is 49.4 Å². The quantitative estimate of drug-likeness (QED) is 0.896. The highest BCUT2D eigenvalue weighted by Crippen LogP contribution is 2.31. The first-order valence-corrected chi connectivity index (χ1v) is 8.93. The van der Waals surface area contributed by atoms with E-state index in [4.69, 9.17) is 0 Å². The third-order valence-electron chi connectivity index (χ3n) is 5.01. The lowest BCUT2D eigenvalue weighted by Crippen LogP contribution is -2.35. The van der Waals surface area contributed by atoms with Crippen molar-refractivity contribution in [2.24, 2.45) is 5.92 Å². The zero-order valence-electron chi connectivity index (χ0n) is 13.9. The number of carbonyl (C=O) groups excluding carboxylic acids is 2. The summed E-state index contributed by atoms with van der Waals surface area (Å²) in [5, 5.41) is 3.06. The molecule has 1 aliphatic heterocycles. The summed E-state index contributed by atoms with van der Waals surface area (Å²) in [5.74, 6) is 0.541. The van der Waals surface area contributed by atoms with E-state index in [1.807, 2.05) is 23.1 Å². The van der Waals surface area contributed by atoms with E-state index in [0.717, 1.165) is 62.9 Å². The van der Waals surface area contributed by atoms with Crippen molar-refractivity contribution >= 4 is 23.2 Å². The molecule has 3 rings (SSSR count). The summed E-state index contributed by atoms with van der Waals surface area (Å²) in [5.41, 5.74) is 3.06. The van der Waals surface area contributed by atoms with Crippen molar-refractivity contribution in [3.63, 3.8) is 0 Å². The first kappa shape index (κ1) is 16.0. The van der Waals surface area contributed by atoms with Gasteiger partial charge in [0.1, 0.15) is 0 Å². The topological polar surface area (TPSA) is 49.4 Å². The highest BCUT2D eigenvalue weighted by molar-refractivity contribution is 5.98. The van der Waals surface area contributed by atoms with Crippen molar-refractivity contribution in [1.29, 1.82) is 0 Å². The van der Waals surface area contributed by atoms with Crippen LogP contribution in [-0.2, 0) is 16.0 Å². The van der Waals surface area contributed by atoms with Gasteiger partial charge < -0.3 is 10.2 Å². The van der Waals surface area contributed by atoms with Gasteiger partial charge in [0.2, 0.25) is 11.8 Å². The maximum absolute atomic E-state index is 12.3. The Kier molecular flexibility index (Phi) is 4.99. The van der Waals surface area contributed by atoms with E-state index in [9.17, 15) is 9.59 Å². The zero-order valence-corrected chi connectivity index (χ0v) is 13.9. The number of aryl methyl sites for hydroxylation is 1. The lowest BCUT2D eigenvalue weighted by atomic mass is 9.99. The average Bonchev–Trinajstić information content (AvgIpc) is 3.09. The van der Waals surface area contributed by atoms with Crippen molar-refractivity contribution in [3.8, 4) is 0 Å². The van der Waals surface area contributed by atoms with Crippen molar-refractivity contribution in [1.82, 2.24) is 0 Å². The number of hydrogen-bond donors (Lipinski definition) is 1. The fourth-order valence-electron chi connectivity index (χ4n) is 3.63. The number of carbonyl (C=O) groups is 2. The number of hydrogen-bond acceptors (Lipinski definition) is 2. The van der Waals surface area contributed by atoms with Crippen LogP contribution in [0.4, 0.5) is 11.4 Å². The van der Waals surface area contributed by atoms with Gasteiger partial charge in [0.25, 0.3) is 0 Å². The van der Waals surface area contributed by atoms with Gasteiger partial charge in [0, 0.05) is 30.3 Å².